The highest BCUT2D eigenvalue weighted by Gasteiger charge is 2.07. The summed E-state index contributed by atoms with van der Waals surface area (Å²) >= 11 is 5.14. The molecule has 2 heterocycles. The Morgan fingerprint density at radius 1 is 1.38 bits per heavy atom. The minimum Gasteiger partial charge on any atom is -0.375 e. The van der Waals surface area contributed by atoms with Crippen molar-refractivity contribution in [3.8, 4) is 0 Å². The molecule has 6 heteroatoms. The first-order valence-electron chi connectivity index (χ1n) is 4.91. The summed E-state index contributed by atoms with van der Waals surface area (Å²) in [6, 6.07) is 0. The molecule has 0 aromatic carbocycles. The second-order valence-corrected chi connectivity index (χ2v) is 6.72. The number of thiazole rings is 2. The topological polar surface area (TPSA) is 51.8 Å². The highest BCUT2D eigenvalue weighted by Crippen LogP contribution is 2.31. The average Bonchev–Trinajstić information content (AvgIpc) is 2.75. The molecule has 0 aliphatic rings. The molecule has 0 atom stereocenters. The fourth-order valence-corrected chi connectivity index (χ4v) is 4.30. The number of nitrogens with two attached hydrogens (primary N) is 1. The first-order valence-corrected chi connectivity index (χ1v) is 7.59. The van der Waals surface area contributed by atoms with Crippen LogP contribution in [0.25, 0.3) is 0 Å². The summed E-state index contributed by atoms with van der Waals surface area (Å²) < 4.78 is 1.24. The predicted molar refractivity (Wildman–Crippen MR) is 72.5 cm³/mol. The molecule has 2 N–H and O–H groups in total. The predicted octanol–water partition coefficient (Wildman–Crippen LogP) is 3.13. The van der Waals surface area contributed by atoms with Gasteiger partial charge in [0, 0.05) is 10.6 Å². The van der Waals surface area contributed by atoms with Crippen molar-refractivity contribution in [2.24, 2.45) is 0 Å². The number of rotatable bonds is 4. The maximum absolute atomic E-state index is 5.66. The van der Waals surface area contributed by atoms with Crippen LogP contribution >= 0.6 is 34.4 Å². The van der Waals surface area contributed by atoms with Gasteiger partial charge in [-0.2, -0.15) is 0 Å². The Kier molecular flexibility index (Phi) is 3.83. The van der Waals surface area contributed by atoms with E-state index in [-0.39, 0.29) is 0 Å². The molecule has 2 aromatic rings. The fourth-order valence-electron chi connectivity index (χ4n) is 1.34. The molecule has 0 saturated heterocycles. The zero-order valence-electron chi connectivity index (χ0n) is 9.19. The maximum atomic E-state index is 5.66. The van der Waals surface area contributed by atoms with Gasteiger partial charge in [0.15, 0.2) is 5.13 Å². The van der Waals surface area contributed by atoms with E-state index in [9.17, 15) is 0 Å². The van der Waals surface area contributed by atoms with Crippen molar-refractivity contribution in [2.45, 2.75) is 24.5 Å². The third-order valence-corrected chi connectivity index (χ3v) is 5.52. The molecule has 0 unspecified atom stereocenters. The molecule has 16 heavy (non-hydrogen) atoms. The molecule has 0 aliphatic carbocycles. The van der Waals surface area contributed by atoms with E-state index in [4.69, 9.17) is 5.73 Å². The minimum absolute atomic E-state index is 0.661. The molecule has 86 valence electrons. The van der Waals surface area contributed by atoms with Gasteiger partial charge in [-0.15, -0.1) is 23.1 Å². The summed E-state index contributed by atoms with van der Waals surface area (Å²) in [5, 5.41) is 0.661. The highest BCUT2D eigenvalue weighted by molar-refractivity contribution is 8.01. The first kappa shape index (κ1) is 11.9. The molecule has 0 saturated carbocycles. The number of nitrogens with zero attached hydrogens (tertiary/aromatic N) is 2. The number of nitrogen functional groups attached to an aromatic ring is 1. The zero-order valence-corrected chi connectivity index (χ0v) is 11.6. The van der Waals surface area contributed by atoms with Crippen molar-refractivity contribution in [2.75, 3.05) is 11.5 Å². The zero-order chi connectivity index (χ0) is 11.5. The van der Waals surface area contributed by atoms with Crippen molar-refractivity contribution in [3.63, 3.8) is 0 Å². The molecule has 3 nitrogen and oxygen atoms in total. The van der Waals surface area contributed by atoms with E-state index >= 15 is 0 Å². The van der Waals surface area contributed by atoms with Gasteiger partial charge in [0.25, 0.3) is 0 Å². The Balaban J connectivity index is 1.89. The van der Waals surface area contributed by atoms with E-state index in [1.165, 1.54) is 9.09 Å². The third-order valence-electron chi connectivity index (χ3n) is 2.18. The van der Waals surface area contributed by atoms with E-state index in [0.717, 1.165) is 23.6 Å². The smallest absolute Gasteiger partial charge is 0.181 e. The van der Waals surface area contributed by atoms with Crippen LogP contribution in [-0.4, -0.2) is 15.7 Å². The average molecular weight is 271 g/mol. The molecule has 2 rings (SSSR count). The molecular formula is C10H13N3S3. The van der Waals surface area contributed by atoms with E-state index < -0.39 is 0 Å². The van der Waals surface area contributed by atoms with Gasteiger partial charge in [0.05, 0.1) is 21.1 Å². The van der Waals surface area contributed by atoms with Gasteiger partial charge in [0.2, 0.25) is 0 Å². The monoisotopic (exact) mass is 271 g/mol. The van der Waals surface area contributed by atoms with Gasteiger partial charge in [-0.05, 0) is 20.3 Å². The Morgan fingerprint density at radius 2 is 2.19 bits per heavy atom. The second-order valence-electron chi connectivity index (χ2n) is 3.38. The maximum Gasteiger partial charge on any atom is 0.181 e. The number of hydrogen-bond acceptors (Lipinski definition) is 6. The highest BCUT2D eigenvalue weighted by atomic mass is 32.2. The molecule has 0 spiro atoms. The largest absolute Gasteiger partial charge is 0.375 e. The number of hydrogen-bond donors (Lipinski definition) is 1. The lowest BCUT2D eigenvalue weighted by Gasteiger charge is -1.98. The van der Waals surface area contributed by atoms with Crippen LogP contribution in [-0.2, 0) is 6.42 Å². The molecule has 0 bridgehead atoms. The van der Waals surface area contributed by atoms with Crippen LogP contribution in [0.2, 0.25) is 0 Å². The van der Waals surface area contributed by atoms with Crippen molar-refractivity contribution < 1.29 is 0 Å². The molecular weight excluding hydrogens is 258 g/mol. The summed E-state index contributed by atoms with van der Waals surface area (Å²) in [6.45, 7) is 4.07. The van der Waals surface area contributed by atoms with Crippen LogP contribution in [0.15, 0.2) is 9.72 Å². The number of aryl methyl sites for hydroxylation is 3. The van der Waals surface area contributed by atoms with Crippen molar-refractivity contribution in [1.82, 2.24) is 9.97 Å². The molecule has 0 fully saturated rings. The van der Waals surface area contributed by atoms with Crippen molar-refractivity contribution >= 4 is 39.6 Å². The SMILES string of the molecule is Cc1ncsc1CCSc1sc(N)nc1C. The third kappa shape index (κ3) is 2.75. The van der Waals surface area contributed by atoms with Crippen LogP contribution < -0.4 is 5.73 Å². The molecule has 0 aliphatic heterocycles. The summed E-state index contributed by atoms with van der Waals surface area (Å²) in [5.41, 5.74) is 9.77. The van der Waals surface area contributed by atoms with E-state index in [1.807, 2.05) is 24.2 Å². The van der Waals surface area contributed by atoms with Crippen LogP contribution in [0.3, 0.4) is 0 Å². The Labute approximate surface area is 107 Å². The Morgan fingerprint density at radius 3 is 2.75 bits per heavy atom. The lowest BCUT2D eigenvalue weighted by atomic mass is 10.3. The van der Waals surface area contributed by atoms with Gasteiger partial charge in [-0.1, -0.05) is 11.3 Å². The van der Waals surface area contributed by atoms with Crippen LogP contribution in [0, 0.1) is 13.8 Å². The lowest BCUT2D eigenvalue weighted by Crippen LogP contribution is -1.88. The second kappa shape index (κ2) is 5.16. The van der Waals surface area contributed by atoms with E-state index in [1.54, 1.807) is 22.7 Å². The molecule has 0 radical (unpaired) electrons. The van der Waals surface area contributed by atoms with Gasteiger partial charge in [0.1, 0.15) is 0 Å². The number of thioether (sulfide) groups is 1. The van der Waals surface area contributed by atoms with E-state index in [2.05, 4.69) is 16.9 Å². The quantitative estimate of drug-likeness (QED) is 0.868. The van der Waals surface area contributed by atoms with Crippen LogP contribution in [0.1, 0.15) is 16.3 Å². The minimum atomic E-state index is 0.661. The normalized spacial score (nSPS) is 10.9. The van der Waals surface area contributed by atoms with E-state index in [0.29, 0.717) is 5.13 Å². The van der Waals surface area contributed by atoms with Crippen molar-refractivity contribution in [3.05, 3.63) is 21.8 Å². The first-order chi connectivity index (χ1) is 7.66. The number of aromatic nitrogens is 2. The summed E-state index contributed by atoms with van der Waals surface area (Å²) in [6.07, 6.45) is 1.07. The standard InChI is InChI=1S/C10H13N3S3/c1-6-8(15-5-12-6)3-4-14-9-7(2)13-10(11)16-9/h5H,3-4H2,1-2H3,(H2,11,13). The molecule has 0 amide bonds. The summed E-state index contributed by atoms with van der Waals surface area (Å²) in [5.74, 6) is 1.06. The van der Waals surface area contributed by atoms with Gasteiger partial charge >= 0.3 is 0 Å². The molecule has 2 aromatic heterocycles. The fraction of sp³-hybridized carbons (Fsp3) is 0.400. The summed E-state index contributed by atoms with van der Waals surface area (Å²) in [7, 11) is 0. The number of anilines is 1. The van der Waals surface area contributed by atoms with Gasteiger partial charge < -0.3 is 5.73 Å². The van der Waals surface area contributed by atoms with Crippen molar-refractivity contribution in [1.29, 1.82) is 0 Å². The van der Waals surface area contributed by atoms with Gasteiger partial charge in [-0.25, -0.2) is 9.97 Å². The van der Waals surface area contributed by atoms with Crippen LogP contribution in [0.4, 0.5) is 5.13 Å². The van der Waals surface area contributed by atoms with Crippen LogP contribution in [0.5, 0.6) is 0 Å². The lowest BCUT2D eigenvalue weighted by molar-refractivity contribution is 1.12. The summed E-state index contributed by atoms with van der Waals surface area (Å²) in [4.78, 5) is 9.83. The Hall–Kier alpha value is -0.590. The Bertz CT molecular complexity index is 475. The van der Waals surface area contributed by atoms with Gasteiger partial charge in [-0.3, -0.25) is 0 Å².